The number of benzene rings is 1. The molecule has 2 saturated heterocycles. The number of likely N-dealkylation sites (N-methyl/N-ethyl adjacent to an activating group) is 1. The molecule has 2 fully saturated rings. The molecule has 14 heteroatoms. The fourth-order valence-corrected chi connectivity index (χ4v) is 7.34. The summed E-state index contributed by atoms with van der Waals surface area (Å²) in [6.07, 6.45) is 7.44. The topological polar surface area (TPSA) is 120 Å². The van der Waals surface area contributed by atoms with E-state index in [9.17, 15) is 14.4 Å². The maximum Gasteiger partial charge on any atom is 0.342 e. The Bertz CT molecular complexity index is 1580. The highest BCUT2D eigenvalue weighted by molar-refractivity contribution is 6.75. The molecule has 3 unspecified atom stereocenters. The van der Waals surface area contributed by atoms with E-state index < -0.39 is 28.7 Å². The molecule has 0 radical (unpaired) electrons. The van der Waals surface area contributed by atoms with Gasteiger partial charge in [0.2, 0.25) is 5.91 Å². The molecule has 3 atom stereocenters. The Balaban J connectivity index is 1.85. The van der Waals surface area contributed by atoms with Gasteiger partial charge in [0.25, 0.3) is 16.6 Å². The lowest BCUT2D eigenvalue weighted by Gasteiger charge is -2.39. The number of hydrogen-bond donors (Lipinski definition) is 0. The van der Waals surface area contributed by atoms with Crippen LogP contribution in [0.15, 0.2) is 35.5 Å². The second-order valence-electron chi connectivity index (χ2n) is 16.4. The number of carbonyl (C=O) groups is 3. The number of nitrogens with zero attached hydrogens (tertiary/aromatic N) is 3. The lowest BCUT2D eigenvalue weighted by Crippen LogP contribution is -2.45. The van der Waals surface area contributed by atoms with Crippen molar-refractivity contribution in [1.82, 2.24) is 9.80 Å². The molecule has 4 rings (SSSR count). The van der Waals surface area contributed by atoms with Crippen molar-refractivity contribution in [2.45, 2.75) is 116 Å². The molecule has 3 aliphatic rings. The lowest BCUT2D eigenvalue weighted by atomic mass is 9.99. The highest BCUT2D eigenvalue weighted by atomic mass is 35.5. The van der Waals surface area contributed by atoms with Gasteiger partial charge in [0.15, 0.2) is 0 Å². The summed E-state index contributed by atoms with van der Waals surface area (Å²) >= 11 is 7.26. The molecule has 276 valence electrons. The predicted octanol–water partition coefficient (Wildman–Crippen LogP) is 7.75. The summed E-state index contributed by atoms with van der Waals surface area (Å²) < 4.78 is 25.6. The largest absolute Gasteiger partial charge is 0.543 e. The Labute approximate surface area is 304 Å². The zero-order valence-corrected chi connectivity index (χ0v) is 34.4. The summed E-state index contributed by atoms with van der Waals surface area (Å²) in [5, 5.41) is 4.36. The first-order valence-corrected chi connectivity index (χ1v) is 23.4. The van der Waals surface area contributed by atoms with E-state index in [1.54, 1.807) is 19.2 Å². The van der Waals surface area contributed by atoms with Crippen molar-refractivity contribution >= 4 is 51.9 Å². The summed E-state index contributed by atoms with van der Waals surface area (Å²) in [4.78, 5) is 47.1. The number of cyclic esters (lactones) is 1. The van der Waals surface area contributed by atoms with Crippen LogP contribution in [0.4, 0.5) is 4.79 Å². The summed E-state index contributed by atoms with van der Waals surface area (Å²) in [6, 6.07) is 1.37. The molecule has 3 aliphatic heterocycles. The summed E-state index contributed by atoms with van der Waals surface area (Å²) in [5.74, 6) is -0.0735. The number of urea groups is 1. The normalized spacial score (nSPS) is 24.3. The van der Waals surface area contributed by atoms with Gasteiger partial charge in [-0.25, -0.2) is 9.59 Å². The van der Waals surface area contributed by atoms with Crippen molar-refractivity contribution in [2.75, 3.05) is 26.7 Å². The van der Waals surface area contributed by atoms with Crippen LogP contribution in [0.3, 0.4) is 0 Å². The van der Waals surface area contributed by atoms with Gasteiger partial charge in [-0.1, -0.05) is 76.5 Å². The van der Waals surface area contributed by atoms with Crippen molar-refractivity contribution in [3.8, 4) is 11.5 Å². The molecular weight excluding hydrogens is 694 g/mol. The van der Waals surface area contributed by atoms with Crippen LogP contribution in [0.5, 0.6) is 11.5 Å². The number of amides is 3. The maximum atomic E-state index is 14.3. The smallest absolute Gasteiger partial charge is 0.342 e. The number of rotatable bonds is 8. The first-order valence-electron chi connectivity index (χ1n) is 17.2. The Morgan fingerprint density at radius 3 is 2.18 bits per heavy atom. The van der Waals surface area contributed by atoms with Crippen LogP contribution in [-0.2, 0) is 25.5 Å². The fraction of sp³-hybridized carbons (Fsp3) is 0.611. The fourth-order valence-electron chi connectivity index (χ4n) is 4.99. The van der Waals surface area contributed by atoms with E-state index in [0.717, 1.165) is 4.90 Å². The van der Waals surface area contributed by atoms with Crippen LogP contribution >= 0.6 is 11.6 Å². The zero-order chi connectivity index (χ0) is 37.4. The molecular formula is C36H54ClN3O8Si2. The maximum absolute atomic E-state index is 14.3. The third kappa shape index (κ3) is 9.20. The van der Waals surface area contributed by atoms with E-state index in [0.29, 0.717) is 29.2 Å². The highest BCUT2D eigenvalue weighted by Gasteiger charge is 2.44. The van der Waals surface area contributed by atoms with Crippen molar-refractivity contribution in [3.05, 3.63) is 46.5 Å². The second-order valence-corrected chi connectivity index (χ2v) is 26.2. The Morgan fingerprint density at radius 1 is 0.980 bits per heavy atom. The number of imide groups is 1. The number of oxime groups is 1. The van der Waals surface area contributed by atoms with Crippen LogP contribution in [0, 0.1) is 0 Å². The van der Waals surface area contributed by atoms with E-state index in [2.05, 4.69) is 72.9 Å². The number of hydrogen-bond acceptors (Lipinski definition) is 9. The molecule has 0 spiro atoms. The number of halogens is 1. The lowest BCUT2D eigenvalue weighted by molar-refractivity contribution is -0.125. The molecule has 3 heterocycles. The summed E-state index contributed by atoms with van der Waals surface area (Å²) in [5.41, 5.74) is 1.09. The van der Waals surface area contributed by atoms with Crippen molar-refractivity contribution in [2.24, 2.45) is 5.16 Å². The highest BCUT2D eigenvalue weighted by Crippen LogP contribution is 2.46. The number of carbonyl (C=O) groups excluding carboxylic acids is 3. The Morgan fingerprint density at radius 2 is 1.60 bits per heavy atom. The molecule has 11 nitrogen and oxygen atoms in total. The molecule has 50 heavy (non-hydrogen) atoms. The van der Waals surface area contributed by atoms with Gasteiger partial charge in [0.05, 0.1) is 23.4 Å². The number of esters is 1. The van der Waals surface area contributed by atoms with Crippen LogP contribution in [0.25, 0.3) is 0 Å². The van der Waals surface area contributed by atoms with Crippen LogP contribution in [0.1, 0.15) is 70.8 Å². The predicted molar refractivity (Wildman–Crippen MR) is 200 cm³/mol. The van der Waals surface area contributed by atoms with E-state index in [4.69, 9.17) is 34.8 Å². The third-order valence-electron chi connectivity index (χ3n) is 10.2. The number of allylic oxidation sites excluding steroid dienone is 3. The first kappa shape index (κ1) is 39.6. The Kier molecular flexibility index (Phi) is 11.8. The third-order valence-corrected chi connectivity index (χ3v) is 19.3. The minimum Gasteiger partial charge on any atom is -0.543 e. The van der Waals surface area contributed by atoms with Crippen LogP contribution in [-0.4, -0.2) is 95.1 Å². The zero-order valence-electron chi connectivity index (χ0n) is 31.6. The standard InChI is InChI=1S/C36H54ClN3O8Si2/c1-23-19-27-26(46-27)16-14-13-15-24(38-44-18-17-40-30(41)22-39(8)34(40)43)20-25-31(33(42)45-23)28(47-49(9,10)35(2,3)4)21-29(32(25)37)48-50(11,12)36(5,6)7/h13-16,21,23,26-27H,17-20,22H2,1-12H3/b15-13+,16-14+,38-24+. The van der Waals surface area contributed by atoms with Gasteiger partial charge in [0, 0.05) is 26.0 Å². The molecule has 0 saturated carbocycles. The van der Waals surface area contributed by atoms with Crippen LogP contribution < -0.4 is 8.85 Å². The summed E-state index contributed by atoms with van der Waals surface area (Å²) in [6.45, 7) is 23.2. The Hall–Kier alpha value is -3.14. The summed E-state index contributed by atoms with van der Waals surface area (Å²) in [7, 11) is -3.34. The quantitative estimate of drug-likeness (QED) is 0.0662. The molecule has 0 bridgehead atoms. The molecule has 1 aromatic carbocycles. The number of fused-ring (bicyclic) bond motifs is 2. The second kappa shape index (κ2) is 14.8. The van der Waals surface area contributed by atoms with Crippen LogP contribution in [0.2, 0.25) is 41.3 Å². The minimum absolute atomic E-state index is 0.0233. The minimum atomic E-state index is -2.50. The van der Waals surface area contributed by atoms with Gasteiger partial charge in [-0.05, 0) is 54.8 Å². The molecule has 0 N–H and O–H groups in total. The molecule has 3 amide bonds. The van der Waals surface area contributed by atoms with Gasteiger partial charge < -0.3 is 28.1 Å². The van der Waals surface area contributed by atoms with Gasteiger partial charge >= 0.3 is 12.0 Å². The van der Waals surface area contributed by atoms with Gasteiger partial charge in [-0.2, -0.15) is 0 Å². The molecule has 0 aliphatic carbocycles. The average Bonchev–Trinajstić information content (AvgIpc) is 3.65. The van der Waals surface area contributed by atoms with Crippen molar-refractivity contribution in [3.63, 3.8) is 0 Å². The molecule has 0 aromatic heterocycles. The van der Waals surface area contributed by atoms with E-state index in [1.165, 1.54) is 4.90 Å². The SMILES string of the molecule is CC1CC2OC2/C=C/C=C/C(=N\OCCN2C(=O)CN(C)C2=O)Cc2c(Cl)c(O[Si](C)(C)C(C)(C)C)cc(O[Si](C)(C)C(C)(C)C)c2C(=O)O1. The van der Waals surface area contributed by atoms with Gasteiger partial charge in [-0.15, -0.1) is 0 Å². The first-order chi connectivity index (χ1) is 23.0. The van der Waals surface area contributed by atoms with Crippen molar-refractivity contribution < 1.29 is 37.5 Å². The van der Waals surface area contributed by atoms with E-state index in [1.807, 2.05) is 25.2 Å². The molecule has 1 aromatic rings. The van der Waals surface area contributed by atoms with Gasteiger partial charge in [0.1, 0.15) is 42.4 Å². The van der Waals surface area contributed by atoms with Gasteiger partial charge in [-0.3, -0.25) is 9.69 Å². The number of ether oxygens (including phenoxy) is 2. The van der Waals surface area contributed by atoms with E-state index >= 15 is 0 Å². The average molecular weight is 748 g/mol. The van der Waals surface area contributed by atoms with E-state index in [-0.39, 0.29) is 70.9 Å². The van der Waals surface area contributed by atoms with Crippen molar-refractivity contribution in [1.29, 1.82) is 0 Å². The number of epoxide rings is 1. The monoisotopic (exact) mass is 747 g/mol.